The lowest BCUT2D eigenvalue weighted by Gasteiger charge is -2.04. The Morgan fingerprint density at radius 2 is 1.33 bits per heavy atom. The minimum Gasteiger partial charge on any atom is -0.462 e. The van der Waals surface area contributed by atoms with Gasteiger partial charge in [-0.3, -0.25) is 0 Å². The summed E-state index contributed by atoms with van der Waals surface area (Å²) in [4.78, 5) is 12.3. The van der Waals surface area contributed by atoms with E-state index in [2.05, 4.69) is 12.2 Å². The van der Waals surface area contributed by atoms with Crippen LogP contribution in [0.5, 0.6) is 0 Å². The third-order valence-electron chi connectivity index (χ3n) is 4.91. The van der Waals surface area contributed by atoms with E-state index in [9.17, 15) is 4.79 Å². The van der Waals surface area contributed by atoms with Crippen LogP contribution in [0.4, 0.5) is 5.00 Å². The van der Waals surface area contributed by atoms with Crippen molar-refractivity contribution >= 4 is 22.3 Å². The minimum absolute atomic E-state index is 0.216. The Balaban J connectivity index is 1.85. The largest absolute Gasteiger partial charge is 0.462 e. The van der Waals surface area contributed by atoms with E-state index in [1.165, 1.54) is 101 Å². The molecule has 0 radical (unpaired) electrons. The smallest absolute Gasteiger partial charge is 0.348 e. The molecule has 0 aromatic carbocycles. The molecule has 0 spiro atoms. The van der Waals surface area contributed by atoms with Crippen LogP contribution in [-0.2, 0) is 4.74 Å². The number of rotatable bonds is 18. The molecular formula is C23H41NO2S. The zero-order valence-corrected chi connectivity index (χ0v) is 18.5. The van der Waals surface area contributed by atoms with Gasteiger partial charge in [0.25, 0.3) is 0 Å². The summed E-state index contributed by atoms with van der Waals surface area (Å²) in [6.45, 7) is 5.53. The molecule has 0 atom stereocenters. The van der Waals surface area contributed by atoms with Crippen molar-refractivity contribution in [2.24, 2.45) is 0 Å². The van der Waals surface area contributed by atoms with Crippen molar-refractivity contribution in [3.05, 3.63) is 17.0 Å². The predicted molar refractivity (Wildman–Crippen MR) is 119 cm³/mol. The molecule has 0 aliphatic heterocycles. The summed E-state index contributed by atoms with van der Waals surface area (Å²) in [5.74, 6) is -0.216. The fourth-order valence-corrected chi connectivity index (χ4v) is 4.10. The normalized spacial score (nSPS) is 10.9. The number of unbranched alkanes of at least 4 members (excludes halogenated alkanes) is 13. The zero-order valence-electron chi connectivity index (χ0n) is 17.7. The van der Waals surface area contributed by atoms with Gasteiger partial charge < -0.3 is 10.1 Å². The second-order valence-corrected chi connectivity index (χ2v) is 8.49. The molecule has 3 nitrogen and oxygen atoms in total. The van der Waals surface area contributed by atoms with E-state index in [1.807, 2.05) is 19.1 Å². The number of esters is 1. The van der Waals surface area contributed by atoms with Crippen molar-refractivity contribution in [1.29, 1.82) is 0 Å². The van der Waals surface area contributed by atoms with E-state index in [-0.39, 0.29) is 5.97 Å². The number of carbonyl (C=O) groups excluding carboxylic acids is 1. The van der Waals surface area contributed by atoms with Crippen LogP contribution in [0.1, 0.15) is 113 Å². The molecule has 1 aromatic rings. The molecule has 0 amide bonds. The van der Waals surface area contributed by atoms with Gasteiger partial charge in [0.15, 0.2) is 0 Å². The standard InChI is InChI=1S/C23H41NO2S/c1-3-5-6-7-8-9-10-11-12-13-14-15-16-17-20-24-22-19-18-21(27-22)23(25)26-4-2/h18-19,24H,3-17,20H2,1-2H3. The van der Waals surface area contributed by atoms with Gasteiger partial charge in [0.2, 0.25) is 0 Å². The number of anilines is 1. The van der Waals surface area contributed by atoms with Crippen molar-refractivity contribution in [1.82, 2.24) is 0 Å². The second-order valence-electron chi connectivity index (χ2n) is 7.41. The quantitative estimate of drug-likeness (QED) is 0.203. The third-order valence-corrected chi connectivity index (χ3v) is 5.94. The number of carbonyl (C=O) groups is 1. The topological polar surface area (TPSA) is 38.3 Å². The molecule has 0 aliphatic rings. The minimum atomic E-state index is -0.216. The van der Waals surface area contributed by atoms with Crippen molar-refractivity contribution in [2.75, 3.05) is 18.5 Å². The third kappa shape index (κ3) is 12.9. The van der Waals surface area contributed by atoms with Crippen LogP contribution in [0.2, 0.25) is 0 Å². The molecule has 0 saturated carbocycles. The molecule has 0 saturated heterocycles. The Hall–Kier alpha value is -1.03. The molecule has 0 aliphatic carbocycles. The molecular weight excluding hydrogens is 354 g/mol. The summed E-state index contributed by atoms with van der Waals surface area (Å²) in [7, 11) is 0. The summed E-state index contributed by atoms with van der Waals surface area (Å²) >= 11 is 1.48. The van der Waals surface area contributed by atoms with Gasteiger partial charge in [-0.25, -0.2) is 4.79 Å². The van der Waals surface area contributed by atoms with Gasteiger partial charge in [0.1, 0.15) is 4.88 Å². The van der Waals surface area contributed by atoms with Crippen LogP contribution < -0.4 is 5.32 Å². The van der Waals surface area contributed by atoms with Crippen LogP contribution in [-0.4, -0.2) is 19.1 Å². The lowest BCUT2D eigenvalue weighted by atomic mass is 10.0. The molecule has 4 heteroatoms. The molecule has 27 heavy (non-hydrogen) atoms. The van der Waals surface area contributed by atoms with E-state index < -0.39 is 0 Å². The van der Waals surface area contributed by atoms with Crippen LogP contribution in [0.25, 0.3) is 0 Å². The predicted octanol–water partition coefficient (Wildman–Crippen LogP) is 7.82. The van der Waals surface area contributed by atoms with Gasteiger partial charge in [-0.05, 0) is 25.5 Å². The van der Waals surface area contributed by atoms with E-state index in [0.717, 1.165) is 11.5 Å². The maximum atomic E-state index is 11.6. The summed E-state index contributed by atoms with van der Waals surface area (Å²) in [5, 5.41) is 4.48. The lowest BCUT2D eigenvalue weighted by molar-refractivity contribution is 0.0532. The zero-order chi connectivity index (χ0) is 19.6. The Labute approximate surface area is 171 Å². The summed E-state index contributed by atoms with van der Waals surface area (Å²) < 4.78 is 5.02. The SMILES string of the molecule is CCCCCCCCCCCCCCCCNc1ccc(C(=O)OCC)s1. The van der Waals surface area contributed by atoms with Gasteiger partial charge in [-0.2, -0.15) is 0 Å². The van der Waals surface area contributed by atoms with Crippen molar-refractivity contribution < 1.29 is 9.53 Å². The van der Waals surface area contributed by atoms with Gasteiger partial charge >= 0.3 is 5.97 Å². The Bertz CT molecular complexity index is 473. The van der Waals surface area contributed by atoms with Gasteiger partial charge in [-0.1, -0.05) is 90.4 Å². The molecule has 156 valence electrons. The average Bonchev–Trinajstić information content (AvgIpc) is 3.14. The fourth-order valence-electron chi connectivity index (χ4n) is 3.28. The van der Waals surface area contributed by atoms with Gasteiger partial charge in [0.05, 0.1) is 11.6 Å². The van der Waals surface area contributed by atoms with E-state index in [4.69, 9.17) is 4.74 Å². The van der Waals surface area contributed by atoms with Gasteiger partial charge in [0, 0.05) is 6.54 Å². The summed E-state index contributed by atoms with van der Waals surface area (Å²) in [6, 6.07) is 3.82. The van der Waals surface area contributed by atoms with E-state index >= 15 is 0 Å². The van der Waals surface area contributed by atoms with E-state index in [1.54, 1.807) is 0 Å². The molecule has 0 bridgehead atoms. The van der Waals surface area contributed by atoms with Crippen LogP contribution in [0.15, 0.2) is 12.1 Å². The van der Waals surface area contributed by atoms with Crippen molar-refractivity contribution in [3.8, 4) is 0 Å². The first-order chi connectivity index (χ1) is 13.3. The number of ether oxygens (including phenoxy) is 1. The molecule has 1 heterocycles. The first-order valence-electron chi connectivity index (χ1n) is 11.3. The summed E-state index contributed by atoms with van der Waals surface area (Å²) in [5.41, 5.74) is 0. The molecule has 1 rings (SSSR count). The number of hydrogen-bond acceptors (Lipinski definition) is 4. The van der Waals surface area contributed by atoms with Crippen LogP contribution in [0.3, 0.4) is 0 Å². The molecule has 1 N–H and O–H groups in total. The van der Waals surface area contributed by atoms with E-state index in [0.29, 0.717) is 11.5 Å². The maximum absolute atomic E-state index is 11.6. The van der Waals surface area contributed by atoms with Gasteiger partial charge in [-0.15, -0.1) is 11.3 Å². The van der Waals surface area contributed by atoms with Crippen molar-refractivity contribution in [3.63, 3.8) is 0 Å². The highest BCUT2D eigenvalue weighted by Gasteiger charge is 2.09. The van der Waals surface area contributed by atoms with Crippen molar-refractivity contribution in [2.45, 2.75) is 104 Å². The Kier molecular flexibility index (Phi) is 15.2. The first-order valence-corrected chi connectivity index (χ1v) is 12.1. The summed E-state index contributed by atoms with van der Waals surface area (Å²) in [6.07, 6.45) is 19.4. The monoisotopic (exact) mass is 395 g/mol. The molecule has 0 unspecified atom stereocenters. The number of hydrogen-bond donors (Lipinski definition) is 1. The Morgan fingerprint density at radius 3 is 1.85 bits per heavy atom. The van der Waals surface area contributed by atoms with Crippen LogP contribution >= 0.6 is 11.3 Å². The number of thiophene rings is 1. The second kappa shape index (κ2) is 17.1. The first kappa shape index (κ1) is 24.0. The lowest BCUT2D eigenvalue weighted by Crippen LogP contribution is -2.01. The average molecular weight is 396 g/mol. The maximum Gasteiger partial charge on any atom is 0.348 e. The molecule has 0 fully saturated rings. The number of nitrogens with one attached hydrogen (secondary N) is 1. The van der Waals surface area contributed by atoms with Crippen LogP contribution in [0, 0.1) is 0 Å². The highest BCUT2D eigenvalue weighted by atomic mass is 32.1. The fraction of sp³-hybridized carbons (Fsp3) is 0.783. The highest BCUT2D eigenvalue weighted by molar-refractivity contribution is 7.17. The molecule has 1 aromatic heterocycles. The Morgan fingerprint density at radius 1 is 0.815 bits per heavy atom. The highest BCUT2D eigenvalue weighted by Crippen LogP contribution is 2.22.